The van der Waals surface area contributed by atoms with Gasteiger partial charge >= 0.3 is 0 Å². The van der Waals surface area contributed by atoms with Crippen molar-refractivity contribution < 1.29 is 39.8 Å². The molecule has 1 saturated heterocycles. The third-order valence-electron chi connectivity index (χ3n) is 8.69. The summed E-state index contributed by atoms with van der Waals surface area (Å²) >= 11 is 0. The van der Waals surface area contributed by atoms with Gasteiger partial charge in [0.2, 0.25) is 5.91 Å². The molecule has 1 amide bonds. The SMILES string of the molecule is CCC/C=C\C/C=C\CCCCCCCC(=O)NC(COC1OC(CO)C(O)C(O)C1O)C(O)/C=C/CCCCCCCCCCC. The summed E-state index contributed by atoms with van der Waals surface area (Å²) in [6.07, 6.45) is 26.1. The molecule has 0 aromatic carbocycles. The molecule has 9 nitrogen and oxygen atoms in total. The van der Waals surface area contributed by atoms with Crippen molar-refractivity contribution in [3.05, 3.63) is 36.5 Å². The summed E-state index contributed by atoms with van der Waals surface area (Å²) in [5, 5.41) is 53.8. The number of rotatable bonds is 29. The fourth-order valence-electron chi connectivity index (χ4n) is 5.60. The molecule has 7 atom stereocenters. The van der Waals surface area contributed by atoms with E-state index in [1.54, 1.807) is 6.08 Å². The Balaban J connectivity index is 2.49. The summed E-state index contributed by atoms with van der Waals surface area (Å²) in [4.78, 5) is 12.8. The lowest BCUT2D eigenvalue weighted by atomic mass is 9.99. The summed E-state index contributed by atoms with van der Waals surface area (Å²) in [6, 6.07) is -0.808. The molecular weight excluding hydrogens is 598 g/mol. The number of amides is 1. The van der Waals surface area contributed by atoms with E-state index in [9.17, 15) is 30.3 Å². The quantitative estimate of drug-likeness (QED) is 0.0411. The Morgan fingerprint density at radius 3 is 1.91 bits per heavy atom. The van der Waals surface area contributed by atoms with Gasteiger partial charge in [0.05, 0.1) is 25.4 Å². The first kappa shape index (κ1) is 43.4. The third kappa shape index (κ3) is 21.2. The summed E-state index contributed by atoms with van der Waals surface area (Å²) in [5.41, 5.74) is 0. The van der Waals surface area contributed by atoms with Crippen molar-refractivity contribution in [2.24, 2.45) is 0 Å². The number of carbonyl (C=O) groups excluding carboxylic acids is 1. The van der Waals surface area contributed by atoms with Crippen molar-refractivity contribution in [1.29, 1.82) is 0 Å². The Hall–Kier alpha value is -1.59. The smallest absolute Gasteiger partial charge is 0.220 e. The maximum absolute atomic E-state index is 12.8. The number of aliphatic hydroxyl groups is 5. The van der Waals surface area contributed by atoms with E-state index in [4.69, 9.17) is 9.47 Å². The first-order chi connectivity index (χ1) is 22.8. The second-order valence-electron chi connectivity index (χ2n) is 13.0. The van der Waals surface area contributed by atoms with E-state index in [0.29, 0.717) is 6.42 Å². The molecule has 274 valence electrons. The van der Waals surface area contributed by atoms with Crippen molar-refractivity contribution in [3.63, 3.8) is 0 Å². The number of hydrogen-bond acceptors (Lipinski definition) is 8. The lowest BCUT2D eigenvalue weighted by Crippen LogP contribution is -2.60. The van der Waals surface area contributed by atoms with Gasteiger partial charge in [0, 0.05) is 6.42 Å². The van der Waals surface area contributed by atoms with E-state index in [1.807, 2.05) is 6.08 Å². The van der Waals surface area contributed by atoms with E-state index < -0.39 is 49.5 Å². The molecule has 0 spiro atoms. The molecule has 0 radical (unpaired) electrons. The van der Waals surface area contributed by atoms with Gasteiger partial charge in [-0.25, -0.2) is 0 Å². The normalized spacial score (nSPS) is 23.3. The second kappa shape index (κ2) is 29.3. The molecule has 1 aliphatic heterocycles. The molecule has 1 aliphatic rings. The standard InChI is InChI=1S/C38H69NO8/c1-3-5-7-9-11-13-15-16-18-20-22-24-26-28-34(42)39-31(30-46-38-37(45)36(44)35(43)33(29-40)47-38)32(41)27-25-23-21-19-17-14-12-10-8-6-4-2/h7,9,13,15,25,27,31-33,35-38,40-41,43-45H,3-6,8,10-12,14,16-24,26,28-30H2,1-2H3,(H,39,42)/b9-7-,15-13-,27-25+. The van der Waals surface area contributed by atoms with Gasteiger partial charge in [-0.2, -0.15) is 0 Å². The highest BCUT2D eigenvalue weighted by Crippen LogP contribution is 2.22. The third-order valence-corrected chi connectivity index (χ3v) is 8.69. The molecule has 6 N–H and O–H groups in total. The van der Waals surface area contributed by atoms with Gasteiger partial charge in [-0.3, -0.25) is 4.79 Å². The lowest BCUT2D eigenvalue weighted by molar-refractivity contribution is -0.302. The zero-order valence-corrected chi connectivity index (χ0v) is 29.5. The first-order valence-corrected chi connectivity index (χ1v) is 18.7. The average Bonchev–Trinajstić information content (AvgIpc) is 3.07. The molecule has 1 heterocycles. The first-order valence-electron chi connectivity index (χ1n) is 18.7. The number of carbonyl (C=O) groups is 1. The maximum Gasteiger partial charge on any atom is 0.220 e. The maximum atomic E-state index is 12.8. The highest BCUT2D eigenvalue weighted by atomic mass is 16.7. The number of unbranched alkanes of at least 4 members (excludes halogenated alkanes) is 15. The van der Waals surface area contributed by atoms with Crippen molar-refractivity contribution in [2.75, 3.05) is 13.2 Å². The zero-order valence-electron chi connectivity index (χ0n) is 29.5. The topological polar surface area (TPSA) is 149 Å². The van der Waals surface area contributed by atoms with Gasteiger partial charge in [-0.15, -0.1) is 0 Å². The van der Waals surface area contributed by atoms with Crippen LogP contribution in [0.15, 0.2) is 36.5 Å². The Bertz CT molecular complexity index is 833. The minimum Gasteiger partial charge on any atom is -0.394 e. The van der Waals surface area contributed by atoms with Crippen molar-refractivity contribution in [2.45, 2.75) is 185 Å². The molecule has 9 heteroatoms. The molecule has 47 heavy (non-hydrogen) atoms. The molecule has 1 fully saturated rings. The van der Waals surface area contributed by atoms with Gasteiger partial charge in [-0.1, -0.05) is 127 Å². The number of ether oxygens (including phenoxy) is 2. The Morgan fingerprint density at radius 1 is 0.723 bits per heavy atom. The predicted molar refractivity (Wildman–Crippen MR) is 189 cm³/mol. The van der Waals surface area contributed by atoms with Crippen LogP contribution < -0.4 is 5.32 Å². The molecule has 0 aromatic rings. The predicted octanol–water partition coefficient (Wildman–Crippen LogP) is 6.16. The number of aliphatic hydroxyl groups excluding tert-OH is 5. The fraction of sp³-hybridized carbons (Fsp3) is 0.816. The van der Waals surface area contributed by atoms with Crippen LogP contribution in [0.25, 0.3) is 0 Å². The lowest BCUT2D eigenvalue weighted by Gasteiger charge is -2.40. The Morgan fingerprint density at radius 2 is 1.30 bits per heavy atom. The van der Waals surface area contributed by atoms with E-state index in [2.05, 4.69) is 43.5 Å². The monoisotopic (exact) mass is 668 g/mol. The molecule has 1 rings (SSSR count). The van der Waals surface area contributed by atoms with E-state index in [0.717, 1.165) is 70.6 Å². The van der Waals surface area contributed by atoms with Crippen LogP contribution in [0.1, 0.15) is 142 Å². The van der Waals surface area contributed by atoms with E-state index >= 15 is 0 Å². The zero-order chi connectivity index (χ0) is 34.5. The number of hydrogen-bond donors (Lipinski definition) is 6. The van der Waals surface area contributed by atoms with Crippen LogP contribution >= 0.6 is 0 Å². The minimum absolute atomic E-state index is 0.195. The summed E-state index contributed by atoms with van der Waals surface area (Å²) in [6.45, 7) is 3.65. The van der Waals surface area contributed by atoms with Crippen molar-refractivity contribution in [3.8, 4) is 0 Å². The highest BCUT2D eigenvalue weighted by Gasteiger charge is 2.44. The van der Waals surface area contributed by atoms with Crippen LogP contribution in [0.4, 0.5) is 0 Å². The minimum atomic E-state index is -1.57. The van der Waals surface area contributed by atoms with Gasteiger partial charge in [0.15, 0.2) is 6.29 Å². The molecule has 7 unspecified atom stereocenters. The summed E-state index contributed by atoms with van der Waals surface area (Å²) < 4.78 is 11.1. The molecule has 0 aromatic heterocycles. The van der Waals surface area contributed by atoms with Crippen LogP contribution in [0, 0.1) is 0 Å². The summed E-state index contributed by atoms with van der Waals surface area (Å²) in [5.74, 6) is -0.196. The summed E-state index contributed by atoms with van der Waals surface area (Å²) in [7, 11) is 0. The van der Waals surface area contributed by atoms with Crippen molar-refractivity contribution >= 4 is 5.91 Å². The van der Waals surface area contributed by atoms with Crippen molar-refractivity contribution in [1.82, 2.24) is 5.32 Å². The van der Waals surface area contributed by atoms with Crippen LogP contribution in [0.2, 0.25) is 0 Å². The second-order valence-corrected chi connectivity index (χ2v) is 13.0. The molecule has 0 saturated carbocycles. The van der Waals surface area contributed by atoms with E-state index in [-0.39, 0.29) is 12.5 Å². The van der Waals surface area contributed by atoms with Gasteiger partial charge < -0.3 is 40.3 Å². The van der Waals surface area contributed by atoms with Crippen LogP contribution in [-0.2, 0) is 14.3 Å². The Kier molecular flexibility index (Phi) is 27.1. The largest absolute Gasteiger partial charge is 0.394 e. The van der Waals surface area contributed by atoms with Crippen LogP contribution in [0.3, 0.4) is 0 Å². The molecule has 0 aliphatic carbocycles. The van der Waals surface area contributed by atoms with E-state index in [1.165, 1.54) is 51.4 Å². The van der Waals surface area contributed by atoms with Gasteiger partial charge in [0.25, 0.3) is 0 Å². The van der Waals surface area contributed by atoms with Crippen LogP contribution in [0.5, 0.6) is 0 Å². The number of allylic oxidation sites excluding steroid dienone is 5. The average molecular weight is 668 g/mol. The van der Waals surface area contributed by atoms with Gasteiger partial charge in [-0.05, 0) is 44.9 Å². The van der Waals surface area contributed by atoms with Gasteiger partial charge in [0.1, 0.15) is 24.4 Å². The number of nitrogens with one attached hydrogen (secondary N) is 1. The molecule has 0 bridgehead atoms. The molecular formula is C38H69NO8. The Labute approximate surface area is 285 Å². The van der Waals surface area contributed by atoms with Crippen LogP contribution in [-0.4, -0.2) is 87.5 Å². The highest BCUT2D eigenvalue weighted by molar-refractivity contribution is 5.76. The fourth-order valence-corrected chi connectivity index (χ4v) is 5.60.